The molecule has 0 aliphatic heterocycles. The molecule has 15 rings (SSSR count). The number of methoxy groups -OCH3 is 6. The number of benzene rings is 11. The smallest absolute Gasteiger partial charge is 0.119 e. The minimum atomic E-state index is -0.722. The van der Waals surface area contributed by atoms with Crippen LogP contribution in [0.25, 0.3) is 86.7 Å². The van der Waals surface area contributed by atoms with E-state index < -0.39 is 10.8 Å². The van der Waals surface area contributed by atoms with Crippen LogP contribution in [-0.2, 0) is 10.8 Å². The Balaban J connectivity index is 1.08. The lowest BCUT2D eigenvalue weighted by Crippen LogP contribution is -2.28. The van der Waals surface area contributed by atoms with Crippen molar-refractivity contribution in [2.24, 2.45) is 0 Å². The lowest BCUT2D eigenvalue weighted by molar-refractivity contribution is 0.414. The summed E-state index contributed by atoms with van der Waals surface area (Å²) in [5.74, 6) is 4.67. The minimum Gasteiger partial charge on any atom is -0.497 e. The van der Waals surface area contributed by atoms with Gasteiger partial charge in [0.1, 0.15) is 45.5 Å². The maximum atomic E-state index is 5.97. The molecule has 83 heavy (non-hydrogen) atoms. The molecule has 13 aromatic rings. The molecule has 8 nitrogen and oxygen atoms in total. The summed E-state index contributed by atoms with van der Waals surface area (Å²) in [6, 6.07) is 78.1. The first-order valence-electron chi connectivity index (χ1n) is 27.6. The van der Waals surface area contributed by atoms with Crippen molar-refractivity contribution in [2.75, 3.05) is 42.7 Å². The van der Waals surface area contributed by atoms with Crippen LogP contribution >= 0.6 is 11.3 Å². The third-order valence-corrected chi connectivity index (χ3v) is 18.7. The van der Waals surface area contributed by atoms with Gasteiger partial charge in [0.25, 0.3) is 0 Å². The first-order valence-corrected chi connectivity index (χ1v) is 28.4. The van der Waals surface area contributed by atoms with Crippen molar-refractivity contribution in [3.8, 4) is 77.6 Å². The van der Waals surface area contributed by atoms with Gasteiger partial charge in [0, 0.05) is 21.9 Å². The van der Waals surface area contributed by atoms with Crippen molar-refractivity contribution >= 4 is 54.9 Å². The molecule has 0 unspecified atom stereocenters. The summed E-state index contributed by atoms with van der Waals surface area (Å²) >= 11 is 1.77. The van der Waals surface area contributed by atoms with Gasteiger partial charge in [-0.15, -0.1) is 11.3 Å². The molecule has 2 aliphatic rings. The van der Waals surface area contributed by atoms with E-state index in [0.29, 0.717) is 0 Å². The van der Waals surface area contributed by atoms with E-state index in [0.717, 1.165) is 143 Å². The van der Waals surface area contributed by atoms with Gasteiger partial charge >= 0.3 is 0 Å². The highest BCUT2D eigenvalue weighted by atomic mass is 32.1. The van der Waals surface area contributed by atoms with Gasteiger partial charge in [0.05, 0.1) is 74.3 Å². The van der Waals surface area contributed by atoms with E-state index in [1.807, 2.05) is 12.1 Å². The van der Waals surface area contributed by atoms with Gasteiger partial charge in [0.15, 0.2) is 0 Å². The molecular weight excluding hydrogens is 1040 g/mol. The molecule has 11 aromatic carbocycles. The summed E-state index contributed by atoms with van der Waals surface area (Å²) in [4.78, 5) is 14.0. The van der Waals surface area contributed by atoms with Crippen molar-refractivity contribution in [1.82, 2.24) is 9.97 Å². The Labute approximate surface area is 484 Å². The highest BCUT2D eigenvalue weighted by Crippen LogP contribution is 2.63. The molecule has 2 aromatic heterocycles. The van der Waals surface area contributed by atoms with Gasteiger partial charge in [-0.1, -0.05) is 133 Å². The van der Waals surface area contributed by atoms with Gasteiger partial charge in [-0.2, -0.15) is 0 Å². The predicted octanol–water partition coefficient (Wildman–Crippen LogP) is 17.3. The second-order valence-electron chi connectivity index (χ2n) is 21.2. The Hall–Kier alpha value is -9.96. The standard InChI is InChI=1S/C74H54N2O6S/c1-77-47-29-21-43(22-30-47)73(44-23-31-48(78-2)32-24-44)61-17-9-7-13-55(61)65-57(15-11-19-63(65)73)71-69-70(76-68-54-40-38-52(82-6)42-60(54)59-41-51(81-5)37-39-53(59)67(68)75-69)72(83-71)58-16-12-20-64-66(58)56-14-8-10-18-62(56)74(64,45-25-33-49(79-3)34-26-45)46-27-35-50(80-4)36-28-46/h7-42H,1-6H3. The fourth-order valence-electron chi connectivity index (χ4n) is 13.8. The van der Waals surface area contributed by atoms with Crippen molar-refractivity contribution in [1.29, 1.82) is 0 Å². The van der Waals surface area contributed by atoms with Crippen molar-refractivity contribution in [2.45, 2.75) is 10.8 Å². The second kappa shape index (κ2) is 19.4. The number of aromatic nitrogens is 2. The number of ether oxygens (including phenoxy) is 6. The molecule has 9 heteroatoms. The number of rotatable bonds is 12. The number of thiophene rings is 1. The Morgan fingerprint density at radius 2 is 0.578 bits per heavy atom. The summed E-state index contributed by atoms with van der Waals surface area (Å²) in [6.45, 7) is 0. The van der Waals surface area contributed by atoms with Crippen LogP contribution in [0.5, 0.6) is 34.5 Å². The quantitative estimate of drug-likeness (QED) is 0.112. The maximum absolute atomic E-state index is 5.97. The SMILES string of the molecule is COc1ccc(C2(c3ccc(OC)cc3)c3ccccc3-c3c(-c4sc(-c5cccc6c5-c5ccccc5C6(c5ccc(OC)cc5)c5ccc(OC)cc5)c5nc6c7ccc(OC)cc7c7cc(OC)ccc7c6nc45)cccc32)cc1. The molecule has 2 heterocycles. The van der Waals surface area contributed by atoms with Gasteiger partial charge in [-0.3, -0.25) is 0 Å². The summed E-state index contributed by atoms with van der Waals surface area (Å²) in [7, 11) is 10.3. The first-order chi connectivity index (χ1) is 40.8. The van der Waals surface area contributed by atoms with Crippen molar-refractivity contribution in [3.63, 3.8) is 0 Å². The van der Waals surface area contributed by atoms with Gasteiger partial charge < -0.3 is 28.4 Å². The van der Waals surface area contributed by atoms with E-state index in [9.17, 15) is 0 Å². The molecule has 2 aliphatic carbocycles. The van der Waals surface area contributed by atoms with Crippen LogP contribution in [0.2, 0.25) is 0 Å². The average molecular weight is 1100 g/mol. The molecule has 0 spiro atoms. The Bertz CT molecular complexity index is 4350. The Kier molecular flexibility index (Phi) is 11.7. The lowest BCUT2D eigenvalue weighted by atomic mass is 9.67. The van der Waals surface area contributed by atoms with Crippen molar-refractivity contribution in [3.05, 3.63) is 263 Å². The number of fused-ring (bicyclic) bond motifs is 13. The number of nitrogens with zero attached hydrogens (tertiary/aromatic N) is 2. The van der Waals surface area contributed by atoms with Crippen LogP contribution in [-0.4, -0.2) is 52.6 Å². The van der Waals surface area contributed by atoms with Crippen LogP contribution in [0.15, 0.2) is 218 Å². The van der Waals surface area contributed by atoms with E-state index in [1.165, 1.54) is 22.3 Å². The summed E-state index contributed by atoms with van der Waals surface area (Å²) < 4.78 is 34.8. The Morgan fingerprint density at radius 1 is 0.277 bits per heavy atom. The van der Waals surface area contributed by atoms with Crippen molar-refractivity contribution < 1.29 is 28.4 Å². The third-order valence-electron chi connectivity index (χ3n) is 17.5. The van der Waals surface area contributed by atoms with E-state index in [4.69, 9.17) is 38.4 Å². The second-order valence-corrected chi connectivity index (χ2v) is 22.2. The monoisotopic (exact) mass is 1100 g/mol. The predicted molar refractivity (Wildman–Crippen MR) is 335 cm³/mol. The zero-order valence-corrected chi connectivity index (χ0v) is 47.4. The fourth-order valence-corrected chi connectivity index (χ4v) is 15.1. The maximum Gasteiger partial charge on any atom is 0.119 e. The normalized spacial score (nSPS) is 13.4. The molecule has 402 valence electrons. The molecule has 0 bridgehead atoms. The fraction of sp³-hybridized carbons (Fsp3) is 0.108. The first kappa shape index (κ1) is 50.0. The zero-order chi connectivity index (χ0) is 56.1. The largest absolute Gasteiger partial charge is 0.497 e. The number of hydrogen-bond acceptors (Lipinski definition) is 9. The molecule has 0 saturated carbocycles. The van der Waals surface area contributed by atoms with E-state index in [2.05, 4.69) is 206 Å². The third kappa shape index (κ3) is 7.17. The topological polar surface area (TPSA) is 81.2 Å². The van der Waals surface area contributed by atoms with Gasteiger partial charge in [0.2, 0.25) is 0 Å². The van der Waals surface area contributed by atoms with Crippen LogP contribution in [0.4, 0.5) is 0 Å². The summed E-state index contributed by atoms with van der Waals surface area (Å²) in [5.41, 5.74) is 17.7. The lowest BCUT2D eigenvalue weighted by Gasteiger charge is -2.34. The van der Waals surface area contributed by atoms with E-state index >= 15 is 0 Å². The molecule has 0 N–H and O–H groups in total. The Morgan fingerprint density at radius 3 is 0.916 bits per heavy atom. The van der Waals surface area contributed by atoms with E-state index in [1.54, 1.807) is 54.0 Å². The van der Waals surface area contributed by atoms with Gasteiger partial charge in [-0.25, -0.2) is 9.97 Å². The molecule has 0 amide bonds. The molecule has 0 atom stereocenters. The average Bonchev–Trinajstić information content (AvgIpc) is 2.40. The molecule has 0 radical (unpaired) electrons. The minimum absolute atomic E-state index is 0.722. The number of hydrogen-bond donors (Lipinski definition) is 0. The molecular formula is C74H54N2O6S. The summed E-state index contributed by atoms with van der Waals surface area (Å²) in [5, 5.41) is 3.94. The van der Waals surface area contributed by atoms with Crippen LogP contribution in [0.3, 0.4) is 0 Å². The van der Waals surface area contributed by atoms with E-state index in [-0.39, 0.29) is 0 Å². The highest BCUT2D eigenvalue weighted by molar-refractivity contribution is 7.21. The molecule has 0 saturated heterocycles. The highest BCUT2D eigenvalue weighted by Gasteiger charge is 2.49. The zero-order valence-electron chi connectivity index (χ0n) is 46.5. The van der Waals surface area contributed by atoms with Crippen LogP contribution < -0.4 is 28.4 Å². The molecule has 0 fully saturated rings. The van der Waals surface area contributed by atoms with Crippen LogP contribution in [0, 0.1) is 0 Å². The van der Waals surface area contributed by atoms with Crippen LogP contribution in [0.1, 0.15) is 44.5 Å². The van der Waals surface area contributed by atoms with Gasteiger partial charge in [-0.05, 0) is 162 Å². The summed E-state index contributed by atoms with van der Waals surface area (Å²) in [6.07, 6.45) is 0.